The van der Waals surface area contributed by atoms with Crippen molar-refractivity contribution in [1.82, 2.24) is 4.98 Å². The third kappa shape index (κ3) is 2.01. The predicted octanol–water partition coefficient (Wildman–Crippen LogP) is 1.74. The first-order valence-electron chi connectivity index (χ1n) is 3.88. The lowest BCUT2D eigenvalue weighted by Gasteiger charge is -2.12. The van der Waals surface area contributed by atoms with Gasteiger partial charge >= 0.3 is 0 Å². The number of alkyl halides is 1. The molecule has 3 heteroatoms. The zero-order valence-corrected chi connectivity index (χ0v) is 7.34. The summed E-state index contributed by atoms with van der Waals surface area (Å²) < 4.78 is 13.3. The van der Waals surface area contributed by atoms with Crippen LogP contribution >= 0.6 is 0 Å². The van der Waals surface area contributed by atoms with E-state index in [1.165, 1.54) is 13.8 Å². The van der Waals surface area contributed by atoms with Crippen LogP contribution < -0.4 is 5.73 Å². The van der Waals surface area contributed by atoms with Gasteiger partial charge in [-0.25, -0.2) is 4.39 Å². The average molecular weight is 168 g/mol. The summed E-state index contributed by atoms with van der Waals surface area (Å²) in [5.41, 5.74) is 5.37. The summed E-state index contributed by atoms with van der Waals surface area (Å²) in [6, 6.07) is 3.46. The van der Waals surface area contributed by atoms with Crippen LogP contribution in [-0.4, -0.2) is 4.98 Å². The number of pyridine rings is 1. The lowest BCUT2D eigenvalue weighted by molar-refractivity contribution is 0.214. The van der Waals surface area contributed by atoms with Crippen LogP contribution in [0.4, 0.5) is 4.39 Å². The summed E-state index contributed by atoms with van der Waals surface area (Å²) in [6.45, 7) is 3.41. The van der Waals surface area contributed by atoms with Gasteiger partial charge in [0.1, 0.15) is 5.67 Å². The van der Waals surface area contributed by atoms with Crippen molar-refractivity contribution in [3.63, 3.8) is 0 Å². The van der Waals surface area contributed by atoms with Gasteiger partial charge in [0, 0.05) is 12.7 Å². The molecular weight excluding hydrogens is 155 g/mol. The molecule has 0 aromatic carbocycles. The maximum absolute atomic E-state index is 13.3. The number of hydrogen-bond donors (Lipinski definition) is 1. The molecule has 1 aromatic rings. The Bertz CT molecular complexity index is 248. The molecule has 1 heterocycles. The van der Waals surface area contributed by atoms with Crippen molar-refractivity contribution >= 4 is 0 Å². The van der Waals surface area contributed by atoms with Gasteiger partial charge in [0.25, 0.3) is 0 Å². The van der Waals surface area contributed by atoms with Crippen LogP contribution in [0.25, 0.3) is 0 Å². The van der Waals surface area contributed by atoms with Crippen LogP contribution in [0.5, 0.6) is 0 Å². The molecule has 0 radical (unpaired) electrons. The third-order valence-corrected chi connectivity index (χ3v) is 1.67. The highest BCUT2D eigenvalue weighted by Crippen LogP contribution is 2.21. The highest BCUT2D eigenvalue weighted by Gasteiger charge is 2.19. The molecule has 2 nitrogen and oxygen atoms in total. The van der Waals surface area contributed by atoms with E-state index in [2.05, 4.69) is 4.98 Å². The van der Waals surface area contributed by atoms with E-state index < -0.39 is 5.67 Å². The Morgan fingerprint density at radius 3 is 2.50 bits per heavy atom. The second kappa shape index (κ2) is 3.19. The van der Waals surface area contributed by atoms with Crippen LogP contribution in [0, 0.1) is 0 Å². The van der Waals surface area contributed by atoms with Crippen LogP contribution in [0.3, 0.4) is 0 Å². The number of aromatic nitrogens is 1. The van der Waals surface area contributed by atoms with Crippen molar-refractivity contribution in [1.29, 1.82) is 0 Å². The lowest BCUT2D eigenvalue weighted by atomic mass is 10.1. The molecule has 0 saturated carbocycles. The van der Waals surface area contributed by atoms with E-state index in [4.69, 9.17) is 5.73 Å². The minimum Gasteiger partial charge on any atom is -0.326 e. The number of nitrogens with zero attached hydrogens (tertiary/aromatic N) is 1. The molecule has 0 unspecified atom stereocenters. The molecule has 1 aromatic heterocycles. The van der Waals surface area contributed by atoms with E-state index in [-0.39, 0.29) is 0 Å². The predicted molar refractivity (Wildman–Crippen MR) is 46.3 cm³/mol. The molecule has 2 N–H and O–H groups in total. The van der Waals surface area contributed by atoms with Crippen molar-refractivity contribution in [2.45, 2.75) is 26.1 Å². The fraction of sp³-hybridized carbons (Fsp3) is 0.444. The minimum atomic E-state index is -1.37. The van der Waals surface area contributed by atoms with Gasteiger partial charge < -0.3 is 5.73 Å². The van der Waals surface area contributed by atoms with Crippen molar-refractivity contribution in [2.75, 3.05) is 0 Å². The van der Waals surface area contributed by atoms with E-state index in [9.17, 15) is 4.39 Å². The largest absolute Gasteiger partial charge is 0.326 e. The number of rotatable bonds is 2. The minimum absolute atomic E-state index is 0.444. The van der Waals surface area contributed by atoms with Gasteiger partial charge in [0.2, 0.25) is 0 Å². The topological polar surface area (TPSA) is 38.9 Å². The van der Waals surface area contributed by atoms with Gasteiger partial charge in [-0.3, -0.25) is 4.98 Å². The van der Waals surface area contributed by atoms with E-state index in [1.54, 1.807) is 18.3 Å². The van der Waals surface area contributed by atoms with Gasteiger partial charge in [-0.2, -0.15) is 0 Å². The molecule has 0 atom stereocenters. The summed E-state index contributed by atoms with van der Waals surface area (Å²) in [4.78, 5) is 3.97. The molecule has 12 heavy (non-hydrogen) atoms. The van der Waals surface area contributed by atoms with Gasteiger partial charge in [0.15, 0.2) is 0 Å². The standard InChI is InChI=1S/C9H13FN2/c1-9(2,10)8-4-3-7(5-11)6-12-8/h3-4,6H,5,11H2,1-2H3. The smallest absolute Gasteiger partial charge is 0.147 e. The molecule has 0 saturated heterocycles. The monoisotopic (exact) mass is 168 g/mol. The van der Waals surface area contributed by atoms with Crippen molar-refractivity contribution in [3.8, 4) is 0 Å². The number of nitrogens with two attached hydrogens (primary N) is 1. The Hall–Kier alpha value is -0.960. The summed E-state index contributed by atoms with van der Waals surface area (Å²) in [5, 5.41) is 0. The molecular formula is C9H13FN2. The highest BCUT2D eigenvalue weighted by molar-refractivity contribution is 5.17. The van der Waals surface area contributed by atoms with Crippen LogP contribution in [0.15, 0.2) is 18.3 Å². The Labute approximate surface area is 71.6 Å². The van der Waals surface area contributed by atoms with Crippen molar-refractivity contribution in [2.24, 2.45) is 5.73 Å². The third-order valence-electron chi connectivity index (χ3n) is 1.67. The van der Waals surface area contributed by atoms with E-state index in [0.29, 0.717) is 12.2 Å². The zero-order chi connectivity index (χ0) is 9.19. The molecule has 66 valence electrons. The molecule has 0 aliphatic rings. The normalized spacial score (nSPS) is 11.7. The van der Waals surface area contributed by atoms with Gasteiger partial charge in [-0.15, -0.1) is 0 Å². The first-order chi connectivity index (χ1) is 5.54. The second-order valence-electron chi connectivity index (χ2n) is 3.23. The second-order valence-corrected chi connectivity index (χ2v) is 3.23. The summed E-state index contributed by atoms with van der Waals surface area (Å²) in [6.07, 6.45) is 1.61. The summed E-state index contributed by atoms with van der Waals surface area (Å²) in [5.74, 6) is 0. The molecule has 0 spiro atoms. The fourth-order valence-electron chi connectivity index (χ4n) is 0.897. The average Bonchev–Trinajstić information content (AvgIpc) is 2.03. The lowest BCUT2D eigenvalue weighted by Crippen LogP contribution is -2.11. The van der Waals surface area contributed by atoms with Gasteiger partial charge in [0.05, 0.1) is 5.69 Å². The van der Waals surface area contributed by atoms with Crippen molar-refractivity contribution in [3.05, 3.63) is 29.6 Å². The Kier molecular flexibility index (Phi) is 2.43. The first-order valence-corrected chi connectivity index (χ1v) is 3.88. The number of halogens is 1. The fourth-order valence-corrected chi connectivity index (χ4v) is 0.897. The molecule has 0 aliphatic carbocycles. The molecule has 0 bridgehead atoms. The Morgan fingerprint density at radius 2 is 2.17 bits per heavy atom. The Balaban J connectivity index is 2.93. The van der Waals surface area contributed by atoms with E-state index in [0.717, 1.165) is 5.56 Å². The highest BCUT2D eigenvalue weighted by atomic mass is 19.1. The van der Waals surface area contributed by atoms with Crippen LogP contribution in [0.2, 0.25) is 0 Å². The first kappa shape index (κ1) is 9.13. The maximum atomic E-state index is 13.3. The van der Waals surface area contributed by atoms with Crippen molar-refractivity contribution < 1.29 is 4.39 Å². The van der Waals surface area contributed by atoms with Crippen LogP contribution in [-0.2, 0) is 12.2 Å². The Morgan fingerprint density at radius 1 is 1.50 bits per heavy atom. The van der Waals surface area contributed by atoms with Gasteiger partial charge in [-0.05, 0) is 25.5 Å². The van der Waals surface area contributed by atoms with E-state index in [1.807, 2.05) is 0 Å². The van der Waals surface area contributed by atoms with Gasteiger partial charge in [-0.1, -0.05) is 6.07 Å². The summed E-state index contributed by atoms with van der Waals surface area (Å²) in [7, 11) is 0. The maximum Gasteiger partial charge on any atom is 0.147 e. The SMILES string of the molecule is CC(C)(F)c1ccc(CN)cn1. The molecule has 0 aliphatic heterocycles. The zero-order valence-electron chi connectivity index (χ0n) is 7.34. The molecule has 1 rings (SSSR count). The molecule has 0 amide bonds. The quantitative estimate of drug-likeness (QED) is 0.730. The van der Waals surface area contributed by atoms with E-state index >= 15 is 0 Å². The summed E-state index contributed by atoms with van der Waals surface area (Å²) >= 11 is 0. The van der Waals surface area contributed by atoms with Crippen LogP contribution in [0.1, 0.15) is 25.1 Å². The number of hydrogen-bond acceptors (Lipinski definition) is 2. The molecule has 0 fully saturated rings.